The molecule has 0 heterocycles. The molecule has 0 saturated heterocycles. The zero-order valence-electron chi connectivity index (χ0n) is 14.4. The number of nitrogens with one attached hydrogen (secondary N) is 1. The van der Waals surface area contributed by atoms with Crippen molar-refractivity contribution in [3.63, 3.8) is 0 Å². The monoisotopic (exact) mass is 294 g/mol. The lowest BCUT2D eigenvalue weighted by atomic mass is 10.0. The molecule has 0 spiro atoms. The Morgan fingerprint density at radius 1 is 1.19 bits per heavy atom. The molecule has 0 amide bonds. The van der Waals surface area contributed by atoms with Crippen LogP contribution in [0.25, 0.3) is 0 Å². The molecule has 2 nitrogen and oxygen atoms in total. The van der Waals surface area contributed by atoms with Gasteiger partial charge in [0.15, 0.2) is 0 Å². The molecule has 120 valence electrons. The van der Waals surface area contributed by atoms with Gasteiger partial charge in [0.25, 0.3) is 0 Å². The summed E-state index contributed by atoms with van der Waals surface area (Å²) in [5, 5.41) is 3.46. The average Bonchev–Trinajstić information content (AvgIpc) is 2.43. The van der Waals surface area contributed by atoms with Crippen molar-refractivity contribution in [2.75, 3.05) is 18.5 Å². The summed E-state index contributed by atoms with van der Waals surface area (Å²) in [5.74, 6) is 0.491. The first kappa shape index (κ1) is 18.0. The Labute approximate surface area is 129 Å². The second kappa shape index (κ2) is 8.38. The van der Waals surface area contributed by atoms with Gasteiger partial charge < -0.3 is 10.2 Å². The third-order valence-electron chi connectivity index (χ3n) is 4.01. The minimum atomic E-state index is -0.163. The van der Waals surface area contributed by atoms with E-state index in [1.54, 1.807) is 12.1 Å². The molecule has 0 aliphatic carbocycles. The van der Waals surface area contributed by atoms with Crippen LogP contribution in [0.15, 0.2) is 18.2 Å². The third-order valence-corrected chi connectivity index (χ3v) is 4.01. The van der Waals surface area contributed by atoms with E-state index in [2.05, 4.69) is 51.9 Å². The summed E-state index contributed by atoms with van der Waals surface area (Å²) in [6.45, 7) is 11.9. The molecule has 21 heavy (non-hydrogen) atoms. The first-order chi connectivity index (χ1) is 9.86. The minimum absolute atomic E-state index is 0.157. The van der Waals surface area contributed by atoms with Crippen LogP contribution in [0, 0.1) is 11.7 Å². The van der Waals surface area contributed by atoms with Crippen molar-refractivity contribution in [1.82, 2.24) is 5.32 Å². The highest BCUT2D eigenvalue weighted by Gasteiger charge is 2.18. The van der Waals surface area contributed by atoms with Crippen LogP contribution < -0.4 is 10.2 Å². The Balaban J connectivity index is 2.99. The second-order valence-electron chi connectivity index (χ2n) is 6.47. The Bertz CT molecular complexity index is 431. The standard InChI is InChI=1S/C18H31FN2/c1-7-10-20-15(5)17-12-16(19)8-9-18(17)21(6)14(4)11-13(2)3/h8-9,12-15,20H,7,10-11H2,1-6H3. The summed E-state index contributed by atoms with van der Waals surface area (Å²) in [6.07, 6.45) is 2.21. The van der Waals surface area contributed by atoms with E-state index in [9.17, 15) is 4.39 Å². The van der Waals surface area contributed by atoms with Crippen LogP contribution in [0.5, 0.6) is 0 Å². The summed E-state index contributed by atoms with van der Waals surface area (Å²) in [4.78, 5) is 2.28. The minimum Gasteiger partial charge on any atom is -0.372 e. The lowest BCUT2D eigenvalue weighted by molar-refractivity contribution is 0.500. The predicted octanol–water partition coefficient (Wildman–Crippen LogP) is 4.76. The van der Waals surface area contributed by atoms with E-state index in [0.717, 1.165) is 30.6 Å². The fourth-order valence-electron chi connectivity index (χ4n) is 2.74. The van der Waals surface area contributed by atoms with Crippen molar-refractivity contribution in [3.05, 3.63) is 29.6 Å². The van der Waals surface area contributed by atoms with Gasteiger partial charge in [0.2, 0.25) is 0 Å². The van der Waals surface area contributed by atoms with E-state index >= 15 is 0 Å². The summed E-state index contributed by atoms with van der Waals surface area (Å²) < 4.78 is 13.7. The number of hydrogen-bond donors (Lipinski definition) is 1. The van der Waals surface area contributed by atoms with Crippen LogP contribution >= 0.6 is 0 Å². The van der Waals surface area contributed by atoms with Gasteiger partial charge >= 0.3 is 0 Å². The largest absolute Gasteiger partial charge is 0.372 e. The van der Waals surface area contributed by atoms with Crippen molar-refractivity contribution >= 4 is 5.69 Å². The normalized spacial score (nSPS) is 14.3. The lowest BCUT2D eigenvalue weighted by Gasteiger charge is -2.31. The number of halogens is 1. The third kappa shape index (κ3) is 5.31. The van der Waals surface area contributed by atoms with E-state index in [4.69, 9.17) is 0 Å². The van der Waals surface area contributed by atoms with Crippen molar-refractivity contribution in [2.24, 2.45) is 5.92 Å². The molecular weight excluding hydrogens is 263 g/mol. The van der Waals surface area contributed by atoms with Crippen LogP contribution in [-0.2, 0) is 0 Å². The maximum atomic E-state index is 13.7. The van der Waals surface area contributed by atoms with Crippen molar-refractivity contribution in [1.29, 1.82) is 0 Å². The lowest BCUT2D eigenvalue weighted by Crippen LogP contribution is -2.32. The Morgan fingerprint density at radius 3 is 2.43 bits per heavy atom. The number of benzene rings is 1. The van der Waals surface area contributed by atoms with Crippen LogP contribution in [-0.4, -0.2) is 19.6 Å². The molecule has 0 aliphatic heterocycles. The molecule has 0 aliphatic rings. The number of nitrogens with zero attached hydrogens (tertiary/aromatic N) is 1. The molecular formula is C18H31FN2. The molecule has 0 fully saturated rings. The smallest absolute Gasteiger partial charge is 0.123 e. The number of hydrogen-bond acceptors (Lipinski definition) is 2. The molecule has 2 unspecified atom stereocenters. The molecule has 1 aromatic rings. The van der Waals surface area contributed by atoms with Gasteiger partial charge in [0.1, 0.15) is 5.82 Å². The molecule has 0 radical (unpaired) electrons. The molecule has 2 atom stereocenters. The second-order valence-corrected chi connectivity index (χ2v) is 6.47. The number of rotatable bonds is 8. The van der Waals surface area contributed by atoms with Crippen LogP contribution in [0.1, 0.15) is 59.1 Å². The van der Waals surface area contributed by atoms with Gasteiger partial charge in [-0.1, -0.05) is 20.8 Å². The highest BCUT2D eigenvalue weighted by atomic mass is 19.1. The van der Waals surface area contributed by atoms with Gasteiger partial charge in [-0.05, 0) is 62.9 Å². The van der Waals surface area contributed by atoms with Gasteiger partial charge in [0, 0.05) is 24.8 Å². The molecule has 1 rings (SSSR count). The van der Waals surface area contributed by atoms with Gasteiger partial charge in [0.05, 0.1) is 0 Å². The maximum absolute atomic E-state index is 13.7. The van der Waals surface area contributed by atoms with Crippen molar-refractivity contribution in [2.45, 2.75) is 59.5 Å². The summed E-state index contributed by atoms with van der Waals surface area (Å²) in [6, 6.07) is 5.73. The Hall–Kier alpha value is -1.09. The van der Waals surface area contributed by atoms with Gasteiger partial charge in [-0.3, -0.25) is 0 Å². The highest BCUT2D eigenvalue weighted by molar-refractivity contribution is 5.55. The van der Waals surface area contributed by atoms with E-state index in [-0.39, 0.29) is 11.9 Å². The number of anilines is 1. The first-order valence-corrected chi connectivity index (χ1v) is 8.12. The van der Waals surface area contributed by atoms with E-state index in [1.807, 2.05) is 6.07 Å². The quantitative estimate of drug-likeness (QED) is 0.744. The van der Waals surface area contributed by atoms with Crippen LogP contribution in [0.3, 0.4) is 0 Å². The van der Waals surface area contributed by atoms with Gasteiger partial charge in [-0.2, -0.15) is 0 Å². The Morgan fingerprint density at radius 2 is 1.86 bits per heavy atom. The average molecular weight is 294 g/mol. The Kier molecular flexibility index (Phi) is 7.16. The fraction of sp³-hybridized carbons (Fsp3) is 0.667. The topological polar surface area (TPSA) is 15.3 Å². The zero-order valence-corrected chi connectivity index (χ0v) is 14.4. The SMILES string of the molecule is CCCNC(C)c1cc(F)ccc1N(C)C(C)CC(C)C. The van der Waals surface area contributed by atoms with E-state index < -0.39 is 0 Å². The highest BCUT2D eigenvalue weighted by Crippen LogP contribution is 2.29. The molecule has 1 N–H and O–H groups in total. The summed E-state index contributed by atoms with van der Waals surface area (Å²) in [7, 11) is 2.11. The molecule has 0 bridgehead atoms. The predicted molar refractivity (Wildman–Crippen MR) is 90.4 cm³/mol. The molecule has 1 aromatic carbocycles. The van der Waals surface area contributed by atoms with Crippen LogP contribution in [0.4, 0.5) is 10.1 Å². The maximum Gasteiger partial charge on any atom is 0.123 e. The van der Waals surface area contributed by atoms with Crippen molar-refractivity contribution in [3.8, 4) is 0 Å². The molecule has 3 heteroatoms. The van der Waals surface area contributed by atoms with E-state index in [0.29, 0.717) is 12.0 Å². The zero-order chi connectivity index (χ0) is 16.0. The molecule has 0 aromatic heterocycles. The fourth-order valence-corrected chi connectivity index (χ4v) is 2.74. The van der Waals surface area contributed by atoms with Crippen LogP contribution in [0.2, 0.25) is 0 Å². The molecule has 0 saturated carbocycles. The summed E-state index contributed by atoms with van der Waals surface area (Å²) >= 11 is 0. The summed E-state index contributed by atoms with van der Waals surface area (Å²) in [5.41, 5.74) is 2.17. The van der Waals surface area contributed by atoms with Gasteiger partial charge in [-0.15, -0.1) is 0 Å². The van der Waals surface area contributed by atoms with Crippen molar-refractivity contribution < 1.29 is 4.39 Å². The first-order valence-electron chi connectivity index (χ1n) is 8.12. The van der Waals surface area contributed by atoms with Gasteiger partial charge in [-0.25, -0.2) is 4.39 Å². The van der Waals surface area contributed by atoms with E-state index in [1.165, 1.54) is 0 Å².